The number of carbonyl (C=O) groups excluding carboxylic acids is 2. The summed E-state index contributed by atoms with van der Waals surface area (Å²) >= 11 is 0. The number of hydrogen-bond donors (Lipinski definition) is 2. The highest BCUT2D eigenvalue weighted by atomic mass is 16.5. The standard InChI is InChI=1S/C21H27N5O3/c1-15(27)24-18(14-16-6-3-4-7-19(16)29-2)20(28)25-17-8-12-26(13-9-17)21-22-10-5-11-23-21/h3-7,10-11,17-18H,8-9,12-14H2,1-2H3,(H,24,27)(H,25,28). The lowest BCUT2D eigenvalue weighted by molar-refractivity contribution is -0.128. The van der Waals surface area contributed by atoms with E-state index in [0.29, 0.717) is 18.1 Å². The fourth-order valence-corrected chi connectivity index (χ4v) is 3.53. The van der Waals surface area contributed by atoms with Crippen molar-refractivity contribution in [2.24, 2.45) is 0 Å². The monoisotopic (exact) mass is 397 g/mol. The summed E-state index contributed by atoms with van der Waals surface area (Å²) in [5.41, 5.74) is 0.875. The Balaban J connectivity index is 1.59. The van der Waals surface area contributed by atoms with Crippen molar-refractivity contribution in [3.8, 4) is 5.75 Å². The van der Waals surface area contributed by atoms with Gasteiger partial charge in [-0.1, -0.05) is 18.2 Å². The third kappa shape index (κ3) is 5.66. The molecule has 1 fully saturated rings. The van der Waals surface area contributed by atoms with E-state index in [1.807, 2.05) is 24.3 Å². The predicted octanol–water partition coefficient (Wildman–Crippen LogP) is 1.32. The first-order valence-electron chi connectivity index (χ1n) is 9.78. The lowest BCUT2D eigenvalue weighted by atomic mass is 10.0. The smallest absolute Gasteiger partial charge is 0.243 e. The molecule has 2 amide bonds. The van der Waals surface area contributed by atoms with Crippen molar-refractivity contribution in [3.63, 3.8) is 0 Å². The summed E-state index contributed by atoms with van der Waals surface area (Å²) in [7, 11) is 1.59. The highest BCUT2D eigenvalue weighted by Crippen LogP contribution is 2.20. The van der Waals surface area contributed by atoms with Gasteiger partial charge >= 0.3 is 0 Å². The zero-order valence-corrected chi connectivity index (χ0v) is 16.8. The quantitative estimate of drug-likeness (QED) is 0.732. The number of piperidine rings is 1. The number of aromatic nitrogens is 2. The van der Waals surface area contributed by atoms with Gasteiger partial charge in [-0.3, -0.25) is 9.59 Å². The Labute approximate surface area is 170 Å². The molecule has 2 aromatic rings. The van der Waals surface area contributed by atoms with Crippen molar-refractivity contribution in [1.29, 1.82) is 0 Å². The summed E-state index contributed by atoms with van der Waals surface area (Å²) in [4.78, 5) is 35.2. The van der Waals surface area contributed by atoms with Crippen LogP contribution in [0.25, 0.3) is 0 Å². The summed E-state index contributed by atoms with van der Waals surface area (Å²) in [5.74, 6) is 0.994. The largest absolute Gasteiger partial charge is 0.496 e. The van der Waals surface area contributed by atoms with E-state index in [-0.39, 0.29) is 17.9 Å². The molecule has 1 aliphatic heterocycles. The third-order valence-electron chi connectivity index (χ3n) is 4.99. The molecule has 3 rings (SSSR count). The van der Waals surface area contributed by atoms with Crippen LogP contribution in [0, 0.1) is 0 Å². The maximum atomic E-state index is 12.9. The molecule has 2 N–H and O–H groups in total. The SMILES string of the molecule is COc1ccccc1CC(NC(C)=O)C(=O)NC1CCN(c2ncccn2)CC1. The van der Waals surface area contributed by atoms with Crippen molar-refractivity contribution in [2.45, 2.75) is 38.3 Å². The molecule has 0 saturated carbocycles. The Morgan fingerprint density at radius 2 is 1.86 bits per heavy atom. The zero-order valence-electron chi connectivity index (χ0n) is 16.8. The summed E-state index contributed by atoms with van der Waals surface area (Å²) in [6.45, 7) is 2.96. The number of hydrogen-bond acceptors (Lipinski definition) is 6. The number of methoxy groups -OCH3 is 1. The van der Waals surface area contributed by atoms with E-state index in [2.05, 4.69) is 25.5 Å². The molecule has 8 heteroatoms. The summed E-state index contributed by atoms with van der Waals surface area (Å²) < 4.78 is 5.37. The average Bonchev–Trinajstić information content (AvgIpc) is 2.74. The number of carbonyl (C=O) groups is 2. The van der Waals surface area contributed by atoms with Gasteiger partial charge in [-0.2, -0.15) is 0 Å². The minimum Gasteiger partial charge on any atom is -0.496 e. The molecule has 1 aliphatic rings. The van der Waals surface area contributed by atoms with Crippen molar-refractivity contribution in [1.82, 2.24) is 20.6 Å². The van der Waals surface area contributed by atoms with Crippen LogP contribution in [-0.2, 0) is 16.0 Å². The van der Waals surface area contributed by atoms with Gasteiger partial charge in [-0.25, -0.2) is 9.97 Å². The van der Waals surface area contributed by atoms with E-state index in [1.54, 1.807) is 25.6 Å². The van der Waals surface area contributed by atoms with Gasteiger partial charge in [0.1, 0.15) is 11.8 Å². The van der Waals surface area contributed by atoms with Crippen molar-refractivity contribution in [3.05, 3.63) is 48.3 Å². The zero-order chi connectivity index (χ0) is 20.6. The van der Waals surface area contributed by atoms with Crippen LogP contribution < -0.4 is 20.3 Å². The molecular weight excluding hydrogens is 370 g/mol. The topological polar surface area (TPSA) is 96.4 Å². The molecule has 1 unspecified atom stereocenters. The average molecular weight is 397 g/mol. The minimum atomic E-state index is -0.653. The Hall–Kier alpha value is -3.16. The number of nitrogens with one attached hydrogen (secondary N) is 2. The molecule has 29 heavy (non-hydrogen) atoms. The third-order valence-corrected chi connectivity index (χ3v) is 4.99. The number of amides is 2. The Morgan fingerprint density at radius 1 is 1.17 bits per heavy atom. The van der Waals surface area contributed by atoms with Gasteiger partial charge in [0, 0.05) is 44.9 Å². The van der Waals surface area contributed by atoms with Gasteiger partial charge in [0.05, 0.1) is 7.11 Å². The van der Waals surface area contributed by atoms with Gasteiger partial charge in [0.2, 0.25) is 17.8 Å². The molecular formula is C21H27N5O3. The number of nitrogens with zero attached hydrogens (tertiary/aromatic N) is 3. The molecule has 0 radical (unpaired) electrons. The van der Waals surface area contributed by atoms with Crippen LogP contribution in [0.15, 0.2) is 42.7 Å². The molecule has 1 atom stereocenters. The normalized spacial score (nSPS) is 15.4. The minimum absolute atomic E-state index is 0.0522. The van der Waals surface area contributed by atoms with E-state index in [1.165, 1.54) is 6.92 Å². The van der Waals surface area contributed by atoms with Gasteiger partial charge in [0.15, 0.2) is 0 Å². The summed E-state index contributed by atoms with van der Waals surface area (Å²) in [5, 5.41) is 5.86. The Bertz CT molecular complexity index is 822. The molecule has 154 valence electrons. The molecule has 1 aromatic heterocycles. The number of ether oxygens (including phenoxy) is 1. The van der Waals surface area contributed by atoms with Crippen LogP contribution >= 0.6 is 0 Å². The van der Waals surface area contributed by atoms with Crippen molar-refractivity contribution in [2.75, 3.05) is 25.1 Å². The van der Waals surface area contributed by atoms with E-state index in [9.17, 15) is 9.59 Å². The van der Waals surface area contributed by atoms with Gasteiger partial charge in [0.25, 0.3) is 0 Å². The fraction of sp³-hybridized carbons (Fsp3) is 0.429. The first-order valence-corrected chi connectivity index (χ1v) is 9.78. The highest BCUT2D eigenvalue weighted by molar-refractivity contribution is 5.87. The van der Waals surface area contributed by atoms with Crippen LogP contribution in [-0.4, -0.2) is 54.1 Å². The second-order valence-corrected chi connectivity index (χ2v) is 7.09. The number of benzene rings is 1. The first kappa shape index (κ1) is 20.6. The van der Waals surface area contributed by atoms with Gasteiger partial charge < -0.3 is 20.3 Å². The second kappa shape index (κ2) is 9.86. The fourth-order valence-electron chi connectivity index (χ4n) is 3.53. The van der Waals surface area contributed by atoms with Crippen LogP contribution in [0.5, 0.6) is 5.75 Å². The maximum absolute atomic E-state index is 12.9. The molecule has 0 aliphatic carbocycles. The number of para-hydroxylation sites is 1. The van der Waals surface area contributed by atoms with Gasteiger partial charge in [-0.05, 0) is 30.5 Å². The Morgan fingerprint density at radius 3 is 2.52 bits per heavy atom. The molecule has 0 spiro atoms. The van der Waals surface area contributed by atoms with Crippen LogP contribution in [0.4, 0.5) is 5.95 Å². The van der Waals surface area contributed by atoms with Crippen molar-refractivity contribution < 1.29 is 14.3 Å². The highest BCUT2D eigenvalue weighted by Gasteiger charge is 2.26. The second-order valence-electron chi connectivity index (χ2n) is 7.09. The first-order chi connectivity index (χ1) is 14.1. The maximum Gasteiger partial charge on any atom is 0.243 e. The number of anilines is 1. The molecule has 0 bridgehead atoms. The van der Waals surface area contributed by atoms with E-state index in [0.717, 1.165) is 31.5 Å². The molecule has 1 saturated heterocycles. The molecule has 2 heterocycles. The predicted molar refractivity (Wildman–Crippen MR) is 110 cm³/mol. The van der Waals surface area contributed by atoms with E-state index >= 15 is 0 Å². The summed E-state index contributed by atoms with van der Waals surface area (Å²) in [6, 6.07) is 8.71. The number of rotatable bonds is 7. The molecule has 8 nitrogen and oxygen atoms in total. The lowest BCUT2D eigenvalue weighted by Gasteiger charge is -2.33. The van der Waals surface area contributed by atoms with Gasteiger partial charge in [-0.15, -0.1) is 0 Å². The summed E-state index contributed by atoms with van der Waals surface area (Å²) in [6.07, 6.45) is 5.42. The Kier molecular flexibility index (Phi) is 6.99. The van der Waals surface area contributed by atoms with E-state index < -0.39 is 6.04 Å². The van der Waals surface area contributed by atoms with Crippen molar-refractivity contribution >= 4 is 17.8 Å². The van der Waals surface area contributed by atoms with E-state index in [4.69, 9.17) is 4.74 Å². The van der Waals surface area contributed by atoms with Crippen LogP contribution in [0.2, 0.25) is 0 Å². The molecule has 1 aromatic carbocycles. The van der Waals surface area contributed by atoms with Crippen LogP contribution in [0.3, 0.4) is 0 Å². The van der Waals surface area contributed by atoms with Crippen LogP contribution in [0.1, 0.15) is 25.3 Å². The lowest BCUT2D eigenvalue weighted by Crippen LogP contribution is -2.52.